The van der Waals surface area contributed by atoms with E-state index in [1.165, 1.54) is 11.1 Å². The van der Waals surface area contributed by atoms with Gasteiger partial charge in [-0.1, -0.05) is 31.5 Å². The third kappa shape index (κ3) is 7.39. The Morgan fingerprint density at radius 2 is 2.19 bits per heavy atom. The molecule has 1 heterocycles. The van der Waals surface area contributed by atoms with Crippen LogP contribution < -0.4 is 15.4 Å². The van der Waals surface area contributed by atoms with Gasteiger partial charge in [0.05, 0.1) is 19.8 Å². The zero-order valence-electron chi connectivity index (χ0n) is 17.5. The number of aliphatic imine (C=N–C) groups is 1. The van der Waals surface area contributed by atoms with Gasteiger partial charge in [-0.3, -0.25) is 9.89 Å². The van der Waals surface area contributed by atoms with Crippen LogP contribution in [0.25, 0.3) is 0 Å². The summed E-state index contributed by atoms with van der Waals surface area (Å²) in [5, 5.41) is 6.78. The van der Waals surface area contributed by atoms with E-state index in [0.717, 1.165) is 57.5 Å². The van der Waals surface area contributed by atoms with Crippen LogP contribution in [-0.2, 0) is 11.2 Å². The fourth-order valence-corrected chi connectivity index (χ4v) is 3.44. The second-order valence-electron chi connectivity index (χ2n) is 7.59. The molecule has 1 saturated heterocycles. The van der Waals surface area contributed by atoms with Crippen LogP contribution in [0.2, 0.25) is 0 Å². The molecular formula is C21H36N4O2. The summed E-state index contributed by atoms with van der Waals surface area (Å²) >= 11 is 0. The van der Waals surface area contributed by atoms with Gasteiger partial charge >= 0.3 is 0 Å². The topological polar surface area (TPSA) is 58.1 Å². The minimum atomic E-state index is 0.202. The molecule has 0 saturated carbocycles. The highest BCUT2D eigenvalue weighted by Gasteiger charge is 2.21. The minimum absolute atomic E-state index is 0.202. The third-order valence-electron chi connectivity index (χ3n) is 4.69. The van der Waals surface area contributed by atoms with Crippen LogP contribution in [0.1, 0.15) is 25.0 Å². The van der Waals surface area contributed by atoms with E-state index in [1.807, 2.05) is 6.07 Å². The number of aryl methyl sites for hydroxylation is 1. The smallest absolute Gasteiger partial charge is 0.191 e. The molecule has 6 heteroatoms. The first kappa shape index (κ1) is 21.5. The fraction of sp³-hybridized carbons (Fsp3) is 0.667. The summed E-state index contributed by atoms with van der Waals surface area (Å²) in [5.41, 5.74) is 2.45. The molecule has 2 N–H and O–H groups in total. The van der Waals surface area contributed by atoms with Gasteiger partial charge in [0, 0.05) is 39.8 Å². The quantitative estimate of drug-likeness (QED) is 0.537. The Labute approximate surface area is 164 Å². The summed E-state index contributed by atoms with van der Waals surface area (Å²) in [4.78, 5) is 6.81. The molecule has 27 heavy (non-hydrogen) atoms. The third-order valence-corrected chi connectivity index (χ3v) is 4.69. The molecule has 1 aliphatic rings. The van der Waals surface area contributed by atoms with E-state index in [-0.39, 0.29) is 6.10 Å². The molecule has 0 aromatic heterocycles. The van der Waals surface area contributed by atoms with E-state index in [1.54, 1.807) is 14.2 Å². The summed E-state index contributed by atoms with van der Waals surface area (Å²) in [6, 6.07) is 6.28. The normalized spacial score (nSPS) is 18.6. The Morgan fingerprint density at radius 1 is 1.37 bits per heavy atom. The number of guanidine groups is 1. The van der Waals surface area contributed by atoms with Crippen LogP contribution in [0, 0.1) is 12.8 Å². The van der Waals surface area contributed by atoms with Gasteiger partial charge in [0.1, 0.15) is 5.75 Å². The molecule has 1 aromatic rings. The van der Waals surface area contributed by atoms with Crippen molar-refractivity contribution in [3.8, 4) is 5.75 Å². The molecule has 1 unspecified atom stereocenters. The van der Waals surface area contributed by atoms with E-state index in [0.29, 0.717) is 5.92 Å². The first-order valence-electron chi connectivity index (χ1n) is 9.93. The van der Waals surface area contributed by atoms with Crippen LogP contribution in [-0.4, -0.2) is 70.5 Å². The van der Waals surface area contributed by atoms with Gasteiger partial charge in [-0.2, -0.15) is 0 Å². The average molecular weight is 377 g/mol. The Hall–Kier alpha value is -1.79. The molecule has 2 rings (SSSR count). The number of methoxy groups -OCH3 is 1. The van der Waals surface area contributed by atoms with Gasteiger partial charge in [0.25, 0.3) is 0 Å². The number of ether oxygens (including phenoxy) is 2. The Balaban J connectivity index is 1.75. The zero-order valence-corrected chi connectivity index (χ0v) is 17.5. The number of hydrogen-bond donors (Lipinski definition) is 2. The second-order valence-corrected chi connectivity index (χ2v) is 7.59. The molecule has 0 radical (unpaired) electrons. The number of hydrogen-bond acceptors (Lipinski definition) is 4. The average Bonchev–Trinajstić information content (AvgIpc) is 2.64. The number of benzene rings is 1. The van der Waals surface area contributed by atoms with Crippen LogP contribution >= 0.6 is 0 Å². The molecule has 1 atom stereocenters. The van der Waals surface area contributed by atoms with Crippen molar-refractivity contribution in [2.45, 2.75) is 33.3 Å². The van der Waals surface area contributed by atoms with Crippen molar-refractivity contribution in [2.24, 2.45) is 10.9 Å². The number of nitrogens with zero attached hydrogens (tertiary/aromatic N) is 2. The van der Waals surface area contributed by atoms with Crippen molar-refractivity contribution >= 4 is 5.96 Å². The maximum Gasteiger partial charge on any atom is 0.191 e. The SMILES string of the molecule is CN=C(NCCc1cc(C)ccc1OC)NCC1CN(CC(C)C)CCO1. The summed E-state index contributed by atoms with van der Waals surface area (Å²) in [5.74, 6) is 2.43. The van der Waals surface area contributed by atoms with E-state index in [4.69, 9.17) is 9.47 Å². The summed E-state index contributed by atoms with van der Waals surface area (Å²) in [6.07, 6.45) is 1.08. The lowest BCUT2D eigenvalue weighted by Gasteiger charge is -2.34. The van der Waals surface area contributed by atoms with Crippen LogP contribution in [0.5, 0.6) is 5.75 Å². The van der Waals surface area contributed by atoms with Crippen LogP contribution in [0.4, 0.5) is 0 Å². The fourth-order valence-electron chi connectivity index (χ4n) is 3.44. The van der Waals surface area contributed by atoms with Crippen molar-refractivity contribution < 1.29 is 9.47 Å². The molecule has 1 fully saturated rings. The monoisotopic (exact) mass is 376 g/mol. The molecule has 0 spiro atoms. The van der Waals surface area contributed by atoms with Crippen molar-refractivity contribution in [1.82, 2.24) is 15.5 Å². The highest BCUT2D eigenvalue weighted by molar-refractivity contribution is 5.79. The number of rotatable bonds is 8. The van der Waals surface area contributed by atoms with Gasteiger partial charge in [-0.05, 0) is 30.9 Å². The Bertz CT molecular complexity index is 604. The van der Waals surface area contributed by atoms with E-state index < -0.39 is 0 Å². The summed E-state index contributed by atoms with van der Waals surface area (Å²) in [7, 11) is 3.52. The molecule has 6 nitrogen and oxygen atoms in total. The standard InChI is InChI=1S/C21H36N4O2/c1-16(2)14-25-10-11-27-19(15-25)13-24-21(22-4)23-9-8-18-12-17(3)6-7-20(18)26-5/h6-7,12,16,19H,8-11,13-15H2,1-5H3,(H2,22,23,24). The van der Waals surface area contributed by atoms with E-state index in [2.05, 4.69) is 53.4 Å². The first-order valence-corrected chi connectivity index (χ1v) is 9.93. The van der Waals surface area contributed by atoms with Crippen molar-refractivity contribution in [1.29, 1.82) is 0 Å². The van der Waals surface area contributed by atoms with Crippen molar-refractivity contribution in [2.75, 3.05) is 53.5 Å². The summed E-state index contributed by atoms with van der Waals surface area (Å²) in [6.45, 7) is 12.1. The largest absolute Gasteiger partial charge is 0.496 e. The molecule has 152 valence electrons. The Morgan fingerprint density at radius 3 is 2.89 bits per heavy atom. The van der Waals surface area contributed by atoms with Crippen molar-refractivity contribution in [3.05, 3.63) is 29.3 Å². The predicted octanol–water partition coefficient (Wildman–Crippen LogP) is 2.07. The van der Waals surface area contributed by atoms with Gasteiger partial charge in [-0.15, -0.1) is 0 Å². The molecule has 1 aromatic carbocycles. The predicted molar refractivity (Wildman–Crippen MR) is 112 cm³/mol. The van der Waals surface area contributed by atoms with Gasteiger partial charge in [-0.25, -0.2) is 0 Å². The molecule has 0 amide bonds. The minimum Gasteiger partial charge on any atom is -0.496 e. The van der Waals surface area contributed by atoms with Gasteiger partial charge in [0.15, 0.2) is 5.96 Å². The highest BCUT2D eigenvalue weighted by atomic mass is 16.5. The lowest BCUT2D eigenvalue weighted by Crippen LogP contribution is -2.50. The van der Waals surface area contributed by atoms with Gasteiger partial charge < -0.3 is 20.1 Å². The number of nitrogens with one attached hydrogen (secondary N) is 2. The van der Waals surface area contributed by atoms with E-state index in [9.17, 15) is 0 Å². The van der Waals surface area contributed by atoms with Crippen LogP contribution in [0.15, 0.2) is 23.2 Å². The summed E-state index contributed by atoms with van der Waals surface area (Å²) < 4.78 is 11.4. The van der Waals surface area contributed by atoms with Crippen LogP contribution in [0.3, 0.4) is 0 Å². The zero-order chi connectivity index (χ0) is 19.6. The number of morpholine rings is 1. The van der Waals surface area contributed by atoms with E-state index >= 15 is 0 Å². The van der Waals surface area contributed by atoms with Gasteiger partial charge in [0.2, 0.25) is 0 Å². The second kappa shape index (κ2) is 11.1. The molecular weight excluding hydrogens is 340 g/mol. The molecule has 0 bridgehead atoms. The maximum atomic E-state index is 5.90. The Kier molecular flexibility index (Phi) is 8.88. The lowest BCUT2D eigenvalue weighted by atomic mass is 10.1. The molecule has 0 aliphatic carbocycles. The first-order chi connectivity index (χ1) is 13.0. The van der Waals surface area contributed by atoms with Crippen molar-refractivity contribution in [3.63, 3.8) is 0 Å². The lowest BCUT2D eigenvalue weighted by molar-refractivity contribution is -0.0284. The molecule has 1 aliphatic heterocycles. The maximum absolute atomic E-state index is 5.90. The highest BCUT2D eigenvalue weighted by Crippen LogP contribution is 2.19.